The Hall–Kier alpha value is 0.0700. The molecule has 0 radical (unpaired) electrons. The molecule has 1 aromatic rings. The van der Waals surface area contributed by atoms with Gasteiger partial charge in [-0.1, -0.05) is 23.2 Å². The molecular weight excluding hydrogens is 289 g/mol. The lowest BCUT2D eigenvalue weighted by atomic mass is 10.2. The van der Waals surface area contributed by atoms with E-state index in [-0.39, 0.29) is 12.6 Å². The molecule has 1 unspecified atom stereocenters. The highest BCUT2D eigenvalue weighted by Crippen LogP contribution is 2.28. The predicted molar refractivity (Wildman–Crippen MR) is 78.8 cm³/mol. The van der Waals surface area contributed by atoms with E-state index in [2.05, 4.69) is 5.32 Å². The average molecular weight is 306 g/mol. The molecule has 100 valence electrons. The summed E-state index contributed by atoms with van der Waals surface area (Å²) in [5.74, 6) is 0.961. The fourth-order valence-electron chi connectivity index (χ4n) is 1.70. The van der Waals surface area contributed by atoms with Crippen molar-refractivity contribution < 1.29 is 5.11 Å². The third-order valence-corrected chi connectivity index (χ3v) is 4.66. The van der Waals surface area contributed by atoms with Gasteiger partial charge in [-0.15, -0.1) is 11.8 Å². The molecule has 1 fully saturated rings. The van der Waals surface area contributed by atoms with Crippen LogP contribution in [0.3, 0.4) is 0 Å². The fraction of sp³-hybridized carbons (Fsp3) is 0.538. The minimum Gasteiger partial charge on any atom is -0.395 e. The zero-order chi connectivity index (χ0) is 13.0. The lowest BCUT2D eigenvalue weighted by Crippen LogP contribution is -2.34. The van der Waals surface area contributed by atoms with Crippen LogP contribution < -0.4 is 5.32 Å². The van der Waals surface area contributed by atoms with E-state index in [1.54, 1.807) is 11.8 Å². The van der Waals surface area contributed by atoms with Crippen LogP contribution in [-0.4, -0.2) is 29.5 Å². The van der Waals surface area contributed by atoms with Crippen LogP contribution in [-0.2, 0) is 0 Å². The van der Waals surface area contributed by atoms with E-state index in [0.29, 0.717) is 16.1 Å². The Kier molecular flexibility index (Phi) is 5.64. The molecule has 0 aromatic heterocycles. The molecule has 0 heterocycles. The zero-order valence-electron chi connectivity index (χ0n) is 10.0. The highest BCUT2D eigenvalue weighted by atomic mass is 35.5. The molecule has 5 heteroatoms. The summed E-state index contributed by atoms with van der Waals surface area (Å²) in [5, 5.41) is 13.9. The van der Waals surface area contributed by atoms with Crippen LogP contribution in [0.1, 0.15) is 19.3 Å². The molecule has 0 bridgehead atoms. The van der Waals surface area contributed by atoms with Gasteiger partial charge in [-0.05, 0) is 43.2 Å². The zero-order valence-corrected chi connectivity index (χ0v) is 12.4. The van der Waals surface area contributed by atoms with E-state index < -0.39 is 0 Å². The minimum absolute atomic E-state index is 0.207. The molecule has 0 spiro atoms. The summed E-state index contributed by atoms with van der Waals surface area (Å²) in [6.45, 7) is 0.207. The number of halogens is 2. The Balaban J connectivity index is 1.74. The molecule has 18 heavy (non-hydrogen) atoms. The molecule has 2 nitrogen and oxygen atoms in total. The number of hydrogen-bond acceptors (Lipinski definition) is 3. The van der Waals surface area contributed by atoms with Gasteiger partial charge in [0, 0.05) is 17.0 Å². The van der Waals surface area contributed by atoms with Crippen molar-refractivity contribution in [3.05, 3.63) is 28.2 Å². The van der Waals surface area contributed by atoms with E-state index >= 15 is 0 Å². The van der Waals surface area contributed by atoms with Gasteiger partial charge in [-0.25, -0.2) is 0 Å². The summed E-state index contributed by atoms with van der Waals surface area (Å²) in [4.78, 5) is 1.12. The Labute approximate surface area is 122 Å². The van der Waals surface area contributed by atoms with Crippen LogP contribution in [0.4, 0.5) is 0 Å². The number of rotatable bonds is 7. The highest BCUT2D eigenvalue weighted by molar-refractivity contribution is 7.99. The maximum atomic E-state index is 9.27. The predicted octanol–water partition coefficient (Wildman–Crippen LogP) is 3.59. The molecule has 0 amide bonds. The molecule has 1 aromatic carbocycles. The van der Waals surface area contributed by atoms with Gasteiger partial charge in [-0.3, -0.25) is 0 Å². The van der Waals surface area contributed by atoms with E-state index in [1.165, 1.54) is 12.8 Å². The van der Waals surface area contributed by atoms with Gasteiger partial charge in [0.15, 0.2) is 0 Å². The summed E-state index contributed by atoms with van der Waals surface area (Å²) in [7, 11) is 0. The Bertz CT molecular complexity index is 399. The first-order valence-corrected chi connectivity index (χ1v) is 7.88. The summed E-state index contributed by atoms with van der Waals surface area (Å²) < 4.78 is 0. The fourth-order valence-corrected chi connectivity index (χ4v) is 3.06. The molecule has 2 rings (SSSR count). The van der Waals surface area contributed by atoms with Crippen molar-refractivity contribution in [3.63, 3.8) is 0 Å². The van der Waals surface area contributed by atoms with Gasteiger partial charge >= 0.3 is 0 Å². The third kappa shape index (κ3) is 4.63. The largest absolute Gasteiger partial charge is 0.395 e. The molecule has 1 aliphatic carbocycles. The summed E-state index contributed by atoms with van der Waals surface area (Å²) >= 11 is 13.6. The maximum Gasteiger partial charge on any atom is 0.0603 e. The summed E-state index contributed by atoms with van der Waals surface area (Å²) in [5.41, 5.74) is 0. The van der Waals surface area contributed by atoms with Crippen LogP contribution in [0.2, 0.25) is 10.0 Å². The molecule has 2 N–H and O–H groups in total. The van der Waals surface area contributed by atoms with Gasteiger partial charge in [0.2, 0.25) is 0 Å². The first-order valence-electron chi connectivity index (χ1n) is 6.14. The van der Waals surface area contributed by atoms with Gasteiger partial charge in [-0.2, -0.15) is 0 Å². The smallest absolute Gasteiger partial charge is 0.0603 e. The Morgan fingerprint density at radius 3 is 2.72 bits per heavy atom. The molecule has 0 aliphatic heterocycles. The number of thioether (sulfide) groups is 1. The van der Waals surface area contributed by atoms with Gasteiger partial charge in [0.05, 0.1) is 16.7 Å². The van der Waals surface area contributed by atoms with Crippen molar-refractivity contribution in [1.82, 2.24) is 5.32 Å². The van der Waals surface area contributed by atoms with Crippen LogP contribution in [0.15, 0.2) is 23.1 Å². The summed E-state index contributed by atoms with van der Waals surface area (Å²) in [6.07, 6.45) is 3.45. The lowest BCUT2D eigenvalue weighted by Gasteiger charge is -2.15. The number of aliphatic hydroxyl groups is 1. The van der Waals surface area contributed by atoms with Crippen LogP contribution in [0.5, 0.6) is 0 Å². The van der Waals surface area contributed by atoms with Gasteiger partial charge in [0.25, 0.3) is 0 Å². The van der Waals surface area contributed by atoms with Gasteiger partial charge < -0.3 is 10.4 Å². The topological polar surface area (TPSA) is 32.3 Å². The second-order valence-electron chi connectivity index (χ2n) is 4.53. The van der Waals surface area contributed by atoms with Crippen molar-refractivity contribution in [2.45, 2.75) is 36.2 Å². The van der Waals surface area contributed by atoms with Crippen molar-refractivity contribution in [2.24, 2.45) is 0 Å². The number of nitrogens with one attached hydrogen (secondary N) is 1. The van der Waals surface area contributed by atoms with E-state index in [4.69, 9.17) is 23.2 Å². The van der Waals surface area contributed by atoms with Crippen LogP contribution in [0.25, 0.3) is 0 Å². The molecule has 1 aliphatic rings. The molecular formula is C13H17Cl2NOS. The maximum absolute atomic E-state index is 9.27. The Morgan fingerprint density at radius 1 is 1.33 bits per heavy atom. The van der Waals surface area contributed by atoms with E-state index in [1.807, 2.05) is 18.2 Å². The molecule has 0 saturated heterocycles. The van der Waals surface area contributed by atoms with Crippen LogP contribution >= 0.6 is 35.0 Å². The second-order valence-corrected chi connectivity index (χ2v) is 6.52. The second kappa shape index (κ2) is 7.01. The van der Waals surface area contributed by atoms with Crippen molar-refractivity contribution >= 4 is 35.0 Å². The normalized spacial score (nSPS) is 16.8. The van der Waals surface area contributed by atoms with Crippen molar-refractivity contribution in [2.75, 3.05) is 12.4 Å². The first-order chi connectivity index (χ1) is 8.69. The monoisotopic (exact) mass is 305 g/mol. The minimum atomic E-state index is 0.207. The standard InChI is InChI=1S/C13H17Cl2NOS/c14-12-4-3-11(7-13(12)15)18-6-5-10(8-17)16-9-1-2-9/h3-4,7,9-10,16-17H,1-2,5-6,8H2. The molecule has 1 atom stereocenters. The average Bonchev–Trinajstić information content (AvgIpc) is 3.16. The number of aliphatic hydroxyl groups excluding tert-OH is 1. The van der Waals surface area contributed by atoms with Crippen molar-refractivity contribution in [3.8, 4) is 0 Å². The quantitative estimate of drug-likeness (QED) is 0.755. The molecule has 1 saturated carbocycles. The first kappa shape index (κ1) is 14.5. The highest BCUT2D eigenvalue weighted by Gasteiger charge is 2.23. The lowest BCUT2D eigenvalue weighted by molar-refractivity contribution is 0.239. The van der Waals surface area contributed by atoms with E-state index in [9.17, 15) is 5.11 Å². The van der Waals surface area contributed by atoms with Gasteiger partial charge in [0.1, 0.15) is 0 Å². The van der Waals surface area contributed by atoms with E-state index in [0.717, 1.165) is 17.1 Å². The number of hydrogen-bond donors (Lipinski definition) is 2. The SMILES string of the molecule is OCC(CCSc1ccc(Cl)c(Cl)c1)NC1CC1. The van der Waals surface area contributed by atoms with Crippen LogP contribution in [0, 0.1) is 0 Å². The number of benzene rings is 1. The Morgan fingerprint density at radius 2 is 2.11 bits per heavy atom. The van der Waals surface area contributed by atoms with Crippen molar-refractivity contribution in [1.29, 1.82) is 0 Å². The summed E-state index contributed by atoms with van der Waals surface area (Å²) in [6, 6.07) is 6.53. The third-order valence-electron chi connectivity index (χ3n) is 2.90.